The summed E-state index contributed by atoms with van der Waals surface area (Å²) >= 11 is 0. The number of likely N-dealkylation sites (tertiary alicyclic amines) is 1. The minimum absolute atomic E-state index is 0.0157. The van der Waals surface area contributed by atoms with Crippen molar-refractivity contribution in [2.75, 3.05) is 29.9 Å². The van der Waals surface area contributed by atoms with E-state index in [-0.39, 0.29) is 11.8 Å². The third-order valence-electron chi connectivity index (χ3n) is 6.20. The fraction of sp³-hybridized carbons (Fsp3) is 0.480. The van der Waals surface area contributed by atoms with Crippen LogP contribution in [0.15, 0.2) is 36.5 Å². The third-order valence-corrected chi connectivity index (χ3v) is 6.20. The highest BCUT2D eigenvalue weighted by Crippen LogP contribution is 2.37. The lowest BCUT2D eigenvalue weighted by Crippen LogP contribution is -2.27. The quantitative estimate of drug-likeness (QED) is 0.664. The van der Waals surface area contributed by atoms with Gasteiger partial charge < -0.3 is 10.2 Å². The zero-order chi connectivity index (χ0) is 21.6. The lowest BCUT2D eigenvalue weighted by atomic mass is 10.1. The maximum Gasteiger partial charge on any atom is 0.257 e. The van der Waals surface area contributed by atoms with Crippen LogP contribution in [-0.2, 0) is 4.79 Å². The van der Waals surface area contributed by atoms with Gasteiger partial charge in [0.15, 0.2) is 5.82 Å². The summed E-state index contributed by atoms with van der Waals surface area (Å²) < 4.78 is 0. The summed E-state index contributed by atoms with van der Waals surface area (Å²) in [6.45, 7) is 5.52. The molecule has 1 aromatic carbocycles. The Morgan fingerprint density at radius 3 is 2.68 bits per heavy atom. The van der Waals surface area contributed by atoms with Crippen LogP contribution in [0.3, 0.4) is 0 Å². The molecule has 0 spiro atoms. The van der Waals surface area contributed by atoms with Crippen LogP contribution in [0.25, 0.3) is 0 Å². The van der Waals surface area contributed by atoms with Crippen molar-refractivity contribution in [2.45, 2.75) is 58.3 Å². The van der Waals surface area contributed by atoms with Crippen LogP contribution >= 0.6 is 0 Å². The second-order valence-corrected chi connectivity index (χ2v) is 8.64. The number of amides is 2. The number of fused-ring (bicyclic) bond motifs is 2. The number of anilines is 3. The molecule has 31 heavy (non-hydrogen) atoms. The van der Waals surface area contributed by atoms with Gasteiger partial charge in [0.05, 0.1) is 16.9 Å². The number of nitrogens with zero attached hydrogens (tertiary/aromatic N) is 3. The van der Waals surface area contributed by atoms with Crippen molar-refractivity contribution in [2.24, 2.45) is 0 Å². The second-order valence-electron chi connectivity index (χ2n) is 8.64. The number of pyridine rings is 1. The number of hydrogen-bond donors (Lipinski definition) is 1. The van der Waals surface area contributed by atoms with E-state index in [1.165, 1.54) is 38.8 Å². The predicted octanol–water partition coefficient (Wildman–Crippen LogP) is 5.06. The number of unbranched alkanes of at least 4 members (excludes halogenated alkanes) is 2. The Labute approximate surface area is 184 Å². The lowest BCUT2D eigenvalue weighted by molar-refractivity contribution is -0.118. The number of aromatic nitrogens is 1. The molecule has 1 fully saturated rings. The Morgan fingerprint density at radius 1 is 1.06 bits per heavy atom. The van der Waals surface area contributed by atoms with Gasteiger partial charge in [-0.05, 0) is 82.1 Å². The van der Waals surface area contributed by atoms with Crippen LogP contribution in [0.5, 0.6) is 0 Å². The topological polar surface area (TPSA) is 65.5 Å². The van der Waals surface area contributed by atoms with E-state index < -0.39 is 0 Å². The first-order valence-corrected chi connectivity index (χ1v) is 11.6. The van der Waals surface area contributed by atoms with Gasteiger partial charge in [-0.1, -0.05) is 25.3 Å². The average Bonchev–Trinajstić information content (AvgIpc) is 3.09. The van der Waals surface area contributed by atoms with E-state index in [1.54, 1.807) is 29.3 Å². The highest BCUT2D eigenvalue weighted by molar-refractivity contribution is 6.17. The molecular weight excluding hydrogens is 388 g/mol. The van der Waals surface area contributed by atoms with Crippen molar-refractivity contribution in [3.8, 4) is 0 Å². The van der Waals surface area contributed by atoms with E-state index in [0.717, 1.165) is 31.4 Å². The van der Waals surface area contributed by atoms with Crippen molar-refractivity contribution in [1.29, 1.82) is 0 Å². The Kier molecular flexibility index (Phi) is 6.97. The normalized spacial score (nSPS) is 16.7. The van der Waals surface area contributed by atoms with Gasteiger partial charge in [0.2, 0.25) is 5.91 Å². The summed E-state index contributed by atoms with van der Waals surface area (Å²) in [4.78, 5) is 34.7. The number of carbonyl (C=O) groups excluding carboxylic acids is 2. The summed E-state index contributed by atoms with van der Waals surface area (Å²) in [5.41, 5.74) is 2.68. The van der Waals surface area contributed by atoms with Gasteiger partial charge in [-0.3, -0.25) is 14.5 Å². The highest BCUT2D eigenvalue weighted by atomic mass is 16.2. The van der Waals surface area contributed by atoms with E-state index in [9.17, 15) is 9.59 Å². The highest BCUT2D eigenvalue weighted by Gasteiger charge is 2.30. The molecule has 2 aliphatic heterocycles. The van der Waals surface area contributed by atoms with Crippen LogP contribution in [0.4, 0.5) is 17.2 Å². The number of aryl methyl sites for hydroxylation is 1. The molecular formula is C25H32N4O2. The van der Waals surface area contributed by atoms with Gasteiger partial charge in [-0.2, -0.15) is 0 Å². The van der Waals surface area contributed by atoms with Gasteiger partial charge >= 0.3 is 0 Å². The molecule has 0 aliphatic carbocycles. The summed E-state index contributed by atoms with van der Waals surface area (Å²) in [5, 5.41) is 2.90. The Hall–Kier alpha value is -2.73. The van der Waals surface area contributed by atoms with Crippen LogP contribution in [0.2, 0.25) is 0 Å². The van der Waals surface area contributed by atoms with E-state index >= 15 is 0 Å². The molecule has 4 rings (SSSR count). The first-order valence-electron chi connectivity index (χ1n) is 11.6. The van der Waals surface area contributed by atoms with Gasteiger partial charge in [0.25, 0.3) is 5.91 Å². The molecule has 0 saturated carbocycles. The molecule has 3 heterocycles. The Bertz CT molecular complexity index is 935. The first-order chi connectivity index (χ1) is 15.1. The average molecular weight is 421 g/mol. The number of hydrogen-bond acceptors (Lipinski definition) is 4. The van der Waals surface area contributed by atoms with Crippen LogP contribution in [0.1, 0.15) is 67.3 Å². The molecule has 0 unspecified atom stereocenters. The maximum atomic E-state index is 13.3. The van der Waals surface area contributed by atoms with Crippen molar-refractivity contribution >= 4 is 29.0 Å². The van der Waals surface area contributed by atoms with Gasteiger partial charge in [-0.15, -0.1) is 0 Å². The first kappa shape index (κ1) is 21.5. The summed E-state index contributed by atoms with van der Waals surface area (Å²) in [7, 11) is 0. The van der Waals surface area contributed by atoms with Crippen molar-refractivity contribution in [3.05, 3.63) is 47.7 Å². The number of rotatable bonds is 6. The largest absolute Gasteiger partial charge is 0.319 e. The number of nitrogens with one attached hydrogen (secondary N) is 1. The van der Waals surface area contributed by atoms with Gasteiger partial charge in [0.1, 0.15) is 0 Å². The van der Waals surface area contributed by atoms with Crippen molar-refractivity contribution in [3.63, 3.8) is 0 Å². The second kappa shape index (κ2) is 10.1. The van der Waals surface area contributed by atoms with E-state index in [2.05, 4.69) is 15.2 Å². The molecule has 0 atom stereocenters. The monoisotopic (exact) mass is 420 g/mol. The Morgan fingerprint density at radius 2 is 1.87 bits per heavy atom. The predicted molar refractivity (Wildman–Crippen MR) is 124 cm³/mol. The maximum absolute atomic E-state index is 13.3. The molecule has 6 heteroatoms. The summed E-state index contributed by atoms with van der Waals surface area (Å²) in [6.07, 6.45) is 10.4. The molecule has 1 saturated heterocycles. The molecule has 2 aromatic rings. The molecule has 6 nitrogen and oxygen atoms in total. The SMILES string of the molecule is Cc1ccc2c(c1)N(C(=O)CCCCCN1CCCCCC1)c1ncccc1NC2=O. The fourth-order valence-electron chi connectivity index (χ4n) is 4.51. The van der Waals surface area contributed by atoms with E-state index in [0.29, 0.717) is 29.2 Å². The van der Waals surface area contributed by atoms with Gasteiger partial charge in [0, 0.05) is 12.6 Å². The van der Waals surface area contributed by atoms with Gasteiger partial charge in [-0.25, -0.2) is 4.98 Å². The van der Waals surface area contributed by atoms with E-state index in [1.807, 2.05) is 19.1 Å². The number of benzene rings is 1. The molecule has 0 radical (unpaired) electrons. The minimum Gasteiger partial charge on any atom is -0.319 e. The molecule has 2 aliphatic rings. The van der Waals surface area contributed by atoms with Crippen molar-refractivity contribution in [1.82, 2.24) is 9.88 Å². The van der Waals surface area contributed by atoms with E-state index in [4.69, 9.17) is 0 Å². The third kappa shape index (κ3) is 5.13. The van der Waals surface area contributed by atoms with Crippen LogP contribution < -0.4 is 10.2 Å². The standard InChI is InChI=1S/C25H32N4O2/c1-19-12-13-20-22(18-19)29(24-21(27-25(20)31)10-9-14-26-24)23(30)11-5-4-8-17-28-15-6-2-3-7-16-28/h9-10,12-14,18H,2-8,11,15-17H2,1H3,(H,27,31). The molecule has 0 bridgehead atoms. The van der Waals surface area contributed by atoms with Crippen LogP contribution in [-0.4, -0.2) is 41.3 Å². The summed E-state index contributed by atoms with van der Waals surface area (Å²) in [5.74, 6) is 0.268. The Balaban J connectivity index is 1.44. The molecule has 1 N–H and O–H groups in total. The van der Waals surface area contributed by atoms with Crippen LogP contribution in [0, 0.1) is 6.92 Å². The van der Waals surface area contributed by atoms with Crippen molar-refractivity contribution < 1.29 is 9.59 Å². The summed E-state index contributed by atoms with van der Waals surface area (Å²) in [6, 6.07) is 9.14. The zero-order valence-electron chi connectivity index (χ0n) is 18.4. The smallest absolute Gasteiger partial charge is 0.257 e. The molecule has 164 valence electrons. The number of carbonyl (C=O) groups is 2. The fourth-order valence-corrected chi connectivity index (χ4v) is 4.51. The minimum atomic E-state index is -0.211. The lowest BCUT2D eigenvalue weighted by Gasteiger charge is -2.23. The molecule has 2 amide bonds. The zero-order valence-corrected chi connectivity index (χ0v) is 18.4. The molecule has 1 aromatic heterocycles.